The van der Waals surface area contributed by atoms with Crippen molar-refractivity contribution >= 4 is 22.9 Å². The molecule has 0 aliphatic carbocycles. The molecule has 1 aliphatic rings. The Morgan fingerprint density at radius 2 is 2.39 bits per heavy atom. The molecule has 3 heterocycles. The lowest BCUT2D eigenvalue weighted by Crippen LogP contribution is -2.32. The molecule has 0 spiro atoms. The average Bonchev–Trinajstić information content (AvgIpc) is 2.92. The standard InChI is InChI=1S/C13H14ClN3S/c14-4-6-17-5-3-10-8-15-13(16-11(10)9-17)12-2-1-7-18-12/h1-2,7-8H,3-6,9H2. The third kappa shape index (κ3) is 2.41. The molecule has 0 unspecified atom stereocenters. The Kier molecular flexibility index (Phi) is 3.59. The van der Waals surface area contributed by atoms with E-state index in [9.17, 15) is 0 Å². The third-order valence-electron chi connectivity index (χ3n) is 3.17. The van der Waals surface area contributed by atoms with E-state index in [4.69, 9.17) is 16.6 Å². The minimum absolute atomic E-state index is 0.679. The lowest BCUT2D eigenvalue weighted by Gasteiger charge is -2.27. The van der Waals surface area contributed by atoms with Crippen LogP contribution in [0.5, 0.6) is 0 Å². The van der Waals surface area contributed by atoms with E-state index >= 15 is 0 Å². The van der Waals surface area contributed by atoms with Gasteiger partial charge in [-0.3, -0.25) is 4.90 Å². The summed E-state index contributed by atoms with van der Waals surface area (Å²) in [7, 11) is 0. The SMILES string of the molecule is ClCCN1CCc2cnc(-c3cccs3)nc2C1. The van der Waals surface area contributed by atoms with Crippen molar-refractivity contribution in [1.82, 2.24) is 14.9 Å². The second-order valence-electron chi connectivity index (χ2n) is 4.36. The fourth-order valence-electron chi connectivity index (χ4n) is 2.19. The van der Waals surface area contributed by atoms with Crippen molar-refractivity contribution in [3.8, 4) is 10.7 Å². The van der Waals surface area contributed by atoms with E-state index in [0.717, 1.165) is 42.5 Å². The van der Waals surface area contributed by atoms with Gasteiger partial charge in [-0.05, 0) is 23.4 Å². The van der Waals surface area contributed by atoms with E-state index in [0.29, 0.717) is 5.88 Å². The molecule has 18 heavy (non-hydrogen) atoms. The number of aromatic nitrogens is 2. The Bertz CT molecular complexity index is 527. The van der Waals surface area contributed by atoms with Crippen molar-refractivity contribution < 1.29 is 0 Å². The summed E-state index contributed by atoms with van der Waals surface area (Å²) in [6.07, 6.45) is 3.01. The summed E-state index contributed by atoms with van der Waals surface area (Å²) in [4.78, 5) is 12.6. The van der Waals surface area contributed by atoms with Crippen molar-refractivity contribution in [1.29, 1.82) is 0 Å². The highest BCUT2D eigenvalue weighted by atomic mass is 35.5. The molecule has 3 nitrogen and oxygen atoms in total. The highest BCUT2D eigenvalue weighted by molar-refractivity contribution is 7.13. The molecule has 5 heteroatoms. The number of hydrogen-bond donors (Lipinski definition) is 0. The lowest BCUT2D eigenvalue weighted by molar-refractivity contribution is 0.265. The number of nitrogens with zero attached hydrogens (tertiary/aromatic N) is 3. The Morgan fingerprint density at radius 1 is 1.44 bits per heavy atom. The van der Waals surface area contributed by atoms with Crippen LogP contribution in [0.4, 0.5) is 0 Å². The van der Waals surface area contributed by atoms with Gasteiger partial charge in [0, 0.05) is 31.7 Å². The molecule has 0 saturated carbocycles. The number of alkyl halides is 1. The average molecular weight is 280 g/mol. The second kappa shape index (κ2) is 5.34. The van der Waals surface area contributed by atoms with Crippen molar-refractivity contribution in [2.75, 3.05) is 19.0 Å². The first-order chi connectivity index (χ1) is 8.86. The maximum Gasteiger partial charge on any atom is 0.169 e. The van der Waals surface area contributed by atoms with Gasteiger partial charge in [-0.15, -0.1) is 22.9 Å². The van der Waals surface area contributed by atoms with Gasteiger partial charge in [0.25, 0.3) is 0 Å². The van der Waals surface area contributed by atoms with E-state index in [1.165, 1.54) is 5.56 Å². The topological polar surface area (TPSA) is 29.0 Å². The summed E-state index contributed by atoms with van der Waals surface area (Å²) in [5, 5.41) is 2.05. The van der Waals surface area contributed by atoms with Crippen LogP contribution < -0.4 is 0 Å². The molecule has 0 fully saturated rings. The molecule has 0 amide bonds. The maximum atomic E-state index is 5.80. The van der Waals surface area contributed by atoms with Gasteiger partial charge in [-0.25, -0.2) is 9.97 Å². The maximum absolute atomic E-state index is 5.80. The van der Waals surface area contributed by atoms with Gasteiger partial charge in [0.15, 0.2) is 5.82 Å². The summed E-state index contributed by atoms with van der Waals surface area (Å²) >= 11 is 7.48. The molecule has 1 aliphatic heterocycles. The van der Waals surface area contributed by atoms with Crippen LogP contribution in [0.25, 0.3) is 10.7 Å². The van der Waals surface area contributed by atoms with E-state index in [-0.39, 0.29) is 0 Å². The summed E-state index contributed by atoms with van der Waals surface area (Å²) in [6.45, 7) is 2.88. The van der Waals surface area contributed by atoms with E-state index in [1.54, 1.807) is 11.3 Å². The minimum atomic E-state index is 0.679. The number of fused-ring (bicyclic) bond motifs is 1. The predicted octanol–water partition coefficient (Wildman–Crippen LogP) is 2.80. The first-order valence-corrected chi connectivity index (χ1v) is 7.45. The zero-order valence-corrected chi connectivity index (χ0v) is 11.5. The Hall–Kier alpha value is -0.970. The van der Waals surface area contributed by atoms with Gasteiger partial charge < -0.3 is 0 Å². The van der Waals surface area contributed by atoms with E-state index < -0.39 is 0 Å². The summed E-state index contributed by atoms with van der Waals surface area (Å²) in [6, 6.07) is 4.09. The van der Waals surface area contributed by atoms with Gasteiger partial charge in [-0.1, -0.05) is 6.07 Å². The molecule has 94 valence electrons. The predicted molar refractivity (Wildman–Crippen MR) is 75.0 cm³/mol. The van der Waals surface area contributed by atoms with Gasteiger partial charge in [0.2, 0.25) is 0 Å². The van der Waals surface area contributed by atoms with Crippen LogP contribution in [0.15, 0.2) is 23.7 Å². The van der Waals surface area contributed by atoms with Crippen LogP contribution in [0.3, 0.4) is 0 Å². The molecule has 0 atom stereocenters. The fourth-order valence-corrected chi connectivity index (χ4v) is 3.10. The normalized spacial score (nSPS) is 15.6. The number of halogens is 1. The zero-order chi connectivity index (χ0) is 12.4. The molecule has 0 bridgehead atoms. The highest BCUT2D eigenvalue weighted by Gasteiger charge is 2.18. The van der Waals surface area contributed by atoms with Crippen LogP contribution >= 0.6 is 22.9 Å². The van der Waals surface area contributed by atoms with E-state index in [1.807, 2.05) is 12.3 Å². The zero-order valence-electron chi connectivity index (χ0n) is 9.97. The number of rotatable bonds is 3. The first kappa shape index (κ1) is 12.1. The van der Waals surface area contributed by atoms with Crippen molar-refractivity contribution in [3.63, 3.8) is 0 Å². The smallest absolute Gasteiger partial charge is 0.169 e. The molecule has 0 N–H and O–H groups in total. The highest BCUT2D eigenvalue weighted by Crippen LogP contribution is 2.24. The fraction of sp³-hybridized carbons (Fsp3) is 0.385. The molecule has 2 aromatic heterocycles. The summed E-state index contributed by atoms with van der Waals surface area (Å²) in [5.41, 5.74) is 2.44. The van der Waals surface area contributed by atoms with Crippen molar-refractivity contribution in [2.45, 2.75) is 13.0 Å². The molecule has 0 radical (unpaired) electrons. The van der Waals surface area contributed by atoms with Crippen LogP contribution in [-0.2, 0) is 13.0 Å². The molecular formula is C13H14ClN3S. The summed E-state index contributed by atoms with van der Waals surface area (Å²) < 4.78 is 0. The lowest BCUT2D eigenvalue weighted by atomic mass is 10.1. The van der Waals surface area contributed by atoms with Gasteiger partial charge in [-0.2, -0.15) is 0 Å². The van der Waals surface area contributed by atoms with Gasteiger partial charge >= 0.3 is 0 Å². The quantitative estimate of drug-likeness (QED) is 0.809. The first-order valence-electron chi connectivity index (χ1n) is 6.04. The minimum Gasteiger partial charge on any atom is -0.296 e. The Labute approximate surface area is 115 Å². The van der Waals surface area contributed by atoms with Crippen LogP contribution in [0, 0.1) is 0 Å². The third-order valence-corrected chi connectivity index (χ3v) is 4.20. The van der Waals surface area contributed by atoms with Gasteiger partial charge in [0.1, 0.15) is 0 Å². The number of thiophene rings is 1. The summed E-state index contributed by atoms with van der Waals surface area (Å²) in [5.74, 6) is 1.52. The second-order valence-corrected chi connectivity index (χ2v) is 5.68. The molecule has 0 saturated heterocycles. The van der Waals surface area contributed by atoms with Gasteiger partial charge in [0.05, 0.1) is 10.6 Å². The van der Waals surface area contributed by atoms with E-state index in [2.05, 4.69) is 21.3 Å². The molecule has 2 aromatic rings. The Morgan fingerprint density at radius 3 is 3.17 bits per heavy atom. The van der Waals surface area contributed by atoms with Crippen molar-refractivity contribution in [3.05, 3.63) is 35.0 Å². The largest absolute Gasteiger partial charge is 0.296 e. The molecular weight excluding hydrogens is 266 g/mol. The van der Waals surface area contributed by atoms with Crippen molar-refractivity contribution in [2.24, 2.45) is 0 Å². The number of hydrogen-bond acceptors (Lipinski definition) is 4. The monoisotopic (exact) mass is 279 g/mol. The molecule has 0 aromatic carbocycles. The van der Waals surface area contributed by atoms with Crippen LogP contribution in [0.2, 0.25) is 0 Å². The van der Waals surface area contributed by atoms with Crippen LogP contribution in [-0.4, -0.2) is 33.8 Å². The molecule has 3 rings (SSSR count). The Balaban J connectivity index is 1.88. The van der Waals surface area contributed by atoms with Crippen LogP contribution in [0.1, 0.15) is 11.3 Å².